The molecule has 2 amide bonds. The van der Waals surface area contributed by atoms with Crippen LogP contribution in [0.5, 0.6) is 0 Å². The quantitative estimate of drug-likeness (QED) is 0.839. The molecule has 0 atom stereocenters. The first-order valence-corrected chi connectivity index (χ1v) is 8.45. The van der Waals surface area contributed by atoms with Gasteiger partial charge in [-0.05, 0) is 42.5 Å². The first-order chi connectivity index (χ1) is 13.0. The molecule has 1 aliphatic rings. The molecule has 0 saturated carbocycles. The lowest BCUT2D eigenvalue weighted by molar-refractivity contribution is -0.111. The van der Waals surface area contributed by atoms with E-state index in [0.29, 0.717) is 37.6 Å². The van der Waals surface area contributed by atoms with Crippen LogP contribution in [0.15, 0.2) is 48.5 Å². The number of anilines is 1. The summed E-state index contributed by atoms with van der Waals surface area (Å²) in [6, 6.07) is 9.92. The first-order valence-electron chi connectivity index (χ1n) is 8.45. The van der Waals surface area contributed by atoms with E-state index in [-0.39, 0.29) is 11.5 Å². The van der Waals surface area contributed by atoms with E-state index in [0.717, 1.165) is 24.3 Å². The number of benzene rings is 2. The Labute approximate surface area is 155 Å². The van der Waals surface area contributed by atoms with Gasteiger partial charge in [0.1, 0.15) is 11.6 Å². The summed E-state index contributed by atoms with van der Waals surface area (Å²) in [5.74, 6) is -2.12. The first kappa shape index (κ1) is 18.7. The van der Waals surface area contributed by atoms with Crippen LogP contribution >= 0.6 is 0 Å². The molecule has 0 aromatic heterocycles. The third-order valence-electron chi connectivity index (χ3n) is 4.10. The van der Waals surface area contributed by atoms with Crippen molar-refractivity contribution in [2.24, 2.45) is 0 Å². The summed E-state index contributed by atoms with van der Waals surface area (Å²) in [6.45, 7) is 2.15. The Bertz CT molecular complexity index is 840. The summed E-state index contributed by atoms with van der Waals surface area (Å²) < 4.78 is 32.3. The Hall–Kier alpha value is -3.06. The lowest BCUT2D eigenvalue weighted by Gasteiger charge is -2.26. The molecule has 0 spiro atoms. The molecule has 5 nitrogen and oxygen atoms in total. The second-order valence-corrected chi connectivity index (χ2v) is 5.94. The Kier molecular flexibility index (Phi) is 5.93. The summed E-state index contributed by atoms with van der Waals surface area (Å²) >= 11 is 0. The van der Waals surface area contributed by atoms with Crippen molar-refractivity contribution in [3.63, 3.8) is 0 Å². The van der Waals surface area contributed by atoms with E-state index in [2.05, 4.69) is 5.32 Å². The highest BCUT2D eigenvalue weighted by atomic mass is 19.1. The molecule has 0 radical (unpaired) electrons. The van der Waals surface area contributed by atoms with E-state index >= 15 is 0 Å². The number of ether oxygens (including phenoxy) is 1. The van der Waals surface area contributed by atoms with Crippen LogP contribution in [0.4, 0.5) is 14.5 Å². The minimum atomic E-state index is -0.745. The van der Waals surface area contributed by atoms with Gasteiger partial charge in [-0.3, -0.25) is 9.59 Å². The zero-order valence-electron chi connectivity index (χ0n) is 14.5. The smallest absolute Gasteiger partial charge is 0.254 e. The SMILES string of the molecule is O=C(/C=C/c1c(F)cccc1F)Nc1ccc(C(=O)N2CCOCC2)cc1. The number of carbonyl (C=O) groups is 2. The zero-order chi connectivity index (χ0) is 19.2. The summed E-state index contributed by atoms with van der Waals surface area (Å²) in [5, 5.41) is 2.58. The molecule has 1 saturated heterocycles. The topological polar surface area (TPSA) is 58.6 Å². The van der Waals surface area contributed by atoms with Crippen LogP contribution in [0, 0.1) is 11.6 Å². The Morgan fingerprint density at radius 1 is 1.00 bits per heavy atom. The minimum Gasteiger partial charge on any atom is -0.378 e. The molecule has 1 heterocycles. The van der Waals surface area contributed by atoms with E-state index in [4.69, 9.17) is 4.74 Å². The van der Waals surface area contributed by atoms with Gasteiger partial charge in [-0.25, -0.2) is 8.78 Å². The van der Waals surface area contributed by atoms with Gasteiger partial charge in [0.05, 0.1) is 13.2 Å². The van der Waals surface area contributed by atoms with Gasteiger partial charge in [-0.15, -0.1) is 0 Å². The number of morpholine rings is 1. The standard InChI is InChI=1S/C20H18F2N2O3/c21-17-2-1-3-18(22)16(17)8-9-19(25)23-15-6-4-14(5-7-15)20(26)24-10-12-27-13-11-24/h1-9H,10-13H2,(H,23,25)/b9-8+. The fourth-order valence-electron chi connectivity index (χ4n) is 2.66. The van der Waals surface area contributed by atoms with Gasteiger partial charge in [0, 0.05) is 36.0 Å². The van der Waals surface area contributed by atoms with E-state index in [9.17, 15) is 18.4 Å². The predicted octanol–water partition coefficient (Wildman–Crippen LogP) is 3.09. The maximum Gasteiger partial charge on any atom is 0.254 e. The Morgan fingerprint density at radius 2 is 1.63 bits per heavy atom. The van der Waals surface area contributed by atoms with Crippen molar-refractivity contribution in [3.8, 4) is 0 Å². The highest BCUT2D eigenvalue weighted by Gasteiger charge is 2.18. The molecule has 140 valence electrons. The number of nitrogens with one attached hydrogen (secondary N) is 1. The largest absolute Gasteiger partial charge is 0.378 e. The average Bonchev–Trinajstić information content (AvgIpc) is 2.68. The van der Waals surface area contributed by atoms with Crippen LogP contribution in [0.1, 0.15) is 15.9 Å². The van der Waals surface area contributed by atoms with Crippen LogP contribution in [-0.2, 0) is 9.53 Å². The summed E-state index contributed by atoms with van der Waals surface area (Å²) in [5.41, 5.74) is 0.704. The van der Waals surface area contributed by atoms with Gasteiger partial charge in [0.25, 0.3) is 5.91 Å². The fourth-order valence-corrected chi connectivity index (χ4v) is 2.66. The zero-order valence-corrected chi connectivity index (χ0v) is 14.5. The monoisotopic (exact) mass is 372 g/mol. The van der Waals surface area contributed by atoms with Crippen molar-refractivity contribution >= 4 is 23.6 Å². The fraction of sp³-hybridized carbons (Fsp3) is 0.200. The van der Waals surface area contributed by atoms with Gasteiger partial charge in [0.15, 0.2) is 0 Å². The van der Waals surface area contributed by atoms with Gasteiger partial charge in [-0.1, -0.05) is 6.07 Å². The van der Waals surface area contributed by atoms with Gasteiger partial charge < -0.3 is 15.0 Å². The number of nitrogens with zero attached hydrogens (tertiary/aromatic N) is 1. The van der Waals surface area contributed by atoms with Crippen LogP contribution < -0.4 is 5.32 Å². The third kappa shape index (κ3) is 4.77. The Balaban J connectivity index is 1.61. The lowest BCUT2D eigenvalue weighted by Crippen LogP contribution is -2.40. The summed E-state index contributed by atoms with van der Waals surface area (Å²) in [7, 11) is 0. The second kappa shape index (κ2) is 8.55. The number of hydrogen-bond donors (Lipinski definition) is 1. The van der Waals surface area contributed by atoms with E-state index in [1.165, 1.54) is 6.07 Å². The van der Waals surface area contributed by atoms with Crippen LogP contribution in [0.3, 0.4) is 0 Å². The van der Waals surface area contributed by atoms with Crippen molar-refractivity contribution in [1.82, 2.24) is 4.90 Å². The minimum absolute atomic E-state index is 0.0916. The molecule has 3 rings (SSSR count). The normalized spacial score (nSPS) is 14.4. The van der Waals surface area contributed by atoms with Crippen LogP contribution in [0.2, 0.25) is 0 Å². The maximum absolute atomic E-state index is 13.5. The number of rotatable bonds is 4. The molecule has 0 bridgehead atoms. The molecular formula is C20H18F2N2O3. The highest BCUT2D eigenvalue weighted by Crippen LogP contribution is 2.15. The average molecular weight is 372 g/mol. The third-order valence-corrected chi connectivity index (χ3v) is 4.10. The molecule has 1 N–H and O–H groups in total. The number of carbonyl (C=O) groups excluding carboxylic acids is 2. The molecule has 2 aromatic carbocycles. The van der Waals surface area contributed by atoms with E-state index in [1.807, 2.05) is 0 Å². The molecule has 7 heteroatoms. The van der Waals surface area contributed by atoms with Crippen molar-refractivity contribution in [3.05, 3.63) is 71.3 Å². The predicted molar refractivity (Wildman–Crippen MR) is 97.2 cm³/mol. The van der Waals surface area contributed by atoms with E-state index in [1.54, 1.807) is 29.2 Å². The van der Waals surface area contributed by atoms with Gasteiger partial charge in [0.2, 0.25) is 5.91 Å². The molecular weight excluding hydrogens is 354 g/mol. The Morgan fingerprint density at radius 3 is 2.26 bits per heavy atom. The van der Waals surface area contributed by atoms with Gasteiger partial charge in [-0.2, -0.15) is 0 Å². The van der Waals surface area contributed by atoms with Crippen molar-refractivity contribution in [2.75, 3.05) is 31.6 Å². The molecule has 0 unspecified atom stereocenters. The van der Waals surface area contributed by atoms with E-state index < -0.39 is 17.5 Å². The molecule has 1 fully saturated rings. The van der Waals surface area contributed by atoms with Crippen LogP contribution in [-0.4, -0.2) is 43.0 Å². The lowest BCUT2D eigenvalue weighted by atomic mass is 10.1. The highest BCUT2D eigenvalue weighted by molar-refractivity contribution is 6.02. The second-order valence-electron chi connectivity index (χ2n) is 5.94. The summed E-state index contributed by atoms with van der Waals surface area (Å²) in [6.07, 6.45) is 2.13. The molecule has 2 aromatic rings. The number of hydrogen-bond acceptors (Lipinski definition) is 3. The van der Waals surface area contributed by atoms with Crippen molar-refractivity contribution < 1.29 is 23.1 Å². The number of amides is 2. The maximum atomic E-state index is 13.5. The molecule has 27 heavy (non-hydrogen) atoms. The van der Waals surface area contributed by atoms with Gasteiger partial charge >= 0.3 is 0 Å². The number of halogens is 2. The summed E-state index contributed by atoms with van der Waals surface area (Å²) in [4.78, 5) is 26.0. The molecule has 0 aliphatic carbocycles. The molecule has 1 aliphatic heterocycles. The van der Waals surface area contributed by atoms with Crippen molar-refractivity contribution in [2.45, 2.75) is 0 Å². The van der Waals surface area contributed by atoms with Crippen molar-refractivity contribution in [1.29, 1.82) is 0 Å². The van der Waals surface area contributed by atoms with Crippen LogP contribution in [0.25, 0.3) is 6.08 Å².